The van der Waals surface area contributed by atoms with Crippen molar-refractivity contribution < 1.29 is 17.9 Å². The Labute approximate surface area is 169 Å². The van der Waals surface area contributed by atoms with E-state index in [4.69, 9.17) is 4.74 Å². The minimum absolute atomic E-state index is 0.162. The van der Waals surface area contributed by atoms with Crippen molar-refractivity contribution in [2.45, 2.75) is 4.90 Å². The molecule has 3 aromatic rings. The summed E-state index contributed by atoms with van der Waals surface area (Å²) in [7, 11) is -2.09. The number of nitrogens with zero attached hydrogens (tertiary/aromatic N) is 1. The van der Waals surface area contributed by atoms with Crippen LogP contribution in [0.1, 0.15) is 15.9 Å². The van der Waals surface area contributed by atoms with Gasteiger partial charge in [-0.05, 0) is 66.2 Å². The molecule has 0 saturated carbocycles. The number of methoxy groups -OCH3 is 1. The molecule has 0 aromatic heterocycles. The molecule has 0 radical (unpaired) electrons. The van der Waals surface area contributed by atoms with E-state index >= 15 is 0 Å². The fourth-order valence-electron chi connectivity index (χ4n) is 2.42. The third-order valence-electron chi connectivity index (χ3n) is 3.95. The van der Waals surface area contributed by atoms with E-state index in [1.807, 2.05) is 12.1 Å². The Hall–Kier alpha value is -3.65. The van der Waals surface area contributed by atoms with Crippen LogP contribution in [0.2, 0.25) is 0 Å². The van der Waals surface area contributed by atoms with Crippen molar-refractivity contribution in [2.75, 3.05) is 11.8 Å². The molecule has 0 aliphatic carbocycles. The van der Waals surface area contributed by atoms with Gasteiger partial charge in [-0.3, -0.25) is 9.52 Å². The summed E-state index contributed by atoms with van der Waals surface area (Å²) in [6, 6.07) is 21.3. The van der Waals surface area contributed by atoms with Gasteiger partial charge in [0, 0.05) is 11.3 Å². The van der Waals surface area contributed by atoms with Crippen LogP contribution in [0.3, 0.4) is 0 Å². The van der Waals surface area contributed by atoms with Crippen LogP contribution in [-0.2, 0) is 10.0 Å². The van der Waals surface area contributed by atoms with Gasteiger partial charge >= 0.3 is 0 Å². The van der Waals surface area contributed by atoms with Gasteiger partial charge in [0.2, 0.25) is 0 Å². The largest absolute Gasteiger partial charge is 0.497 e. The van der Waals surface area contributed by atoms with Crippen LogP contribution in [0.15, 0.2) is 88.9 Å². The van der Waals surface area contributed by atoms with Crippen LogP contribution in [0.4, 0.5) is 5.69 Å². The van der Waals surface area contributed by atoms with E-state index in [0.717, 1.165) is 11.3 Å². The second kappa shape index (κ2) is 9.03. The maximum absolute atomic E-state index is 12.3. The van der Waals surface area contributed by atoms with Crippen LogP contribution in [-0.4, -0.2) is 27.6 Å². The molecule has 0 heterocycles. The fourth-order valence-corrected chi connectivity index (χ4v) is 3.50. The zero-order valence-electron chi connectivity index (χ0n) is 15.6. The normalized spacial score (nSPS) is 11.2. The zero-order valence-corrected chi connectivity index (χ0v) is 16.4. The first kappa shape index (κ1) is 20.1. The van der Waals surface area contributed by atoms with E-state index in [1.165, 1.54) is 42.6 Å². The highest BCUT2D eigenvalue weighted by Crippen LogP contribution is 2.16. The van der Waals surface area contributed by atoms with E-state index in [0.29, 0.717) is 11.3 Å². The molecule has 29 heavy (non-hydrogen) atoms. The molecular weight excluding hydrogens is 390 g/mol. The SMILES string of the molecule is COc1ccc(/C=N\NC(=O)c2ccc(NS(=O)(=O)c3ccccc3)cc2)cc1. The summed E-state index contributed by atoms with van der Waals surface area (Å²) in [5.41, 5.74) is 3.93. The number of rotatable bonds is 7. The van der Waals surface area contributed by atoms with Crippen LogP contribution < -0.4 is 14.9 Å². The summed E-state index contributed by atoms with van der Waals surface area (Å²) >= 11 is 0. The Balaban J connectivity index is 1.60. The van der Waals surface area contributed by atoms with Crippen LogP contribution in [0.25, 0.3) is 0 Å². The van der Waals surface area contributed by atoms with Gasteiger partial charge < -0.3 is 4.74 Å². The van der Waals surface area contributed by atoms with Crippen LogP contribution in [0.5, 0.6) is 5.75 Å². The molecule has 3 aromatic carbocycles. The summed E-state index contributed by atoms with van der Waals surface area (Å²) in [5.74, 6) is 0.321. The van der Waals surface area contributed by atoms with Crippen molar-refractivity contribution in [3.8, 4) is 5.75 Å². The molecule has 0 atom stereocenters. The van der Waals surface area contributed by atoms with Crippen molar-refractivity contribution in [3.05, 3.63) is 90.0 Å². The van der Waals surface area contributed by atoms with Gasteiger partial charge in [-0.25, -0.2) is 13.8 Å². The molecular formula is C21H19N3O4S. The summed E-state index contributed by atoms with van der Waals surface area (Å²) in [6.07, 6.45) is 1.51. The molecule has 3 rings (SSSR count). The molecule has 0 aliphatic heterocycles. The lowest BCUT2D eigenvalue weighted by atomic mass is 10.2. The van der Waals surface area contributed by atoms with Crippen LogP contribution >= 0.6 is 0 Å². The second-order valence-electron chi connectivity index (χ2n) is 5.97. The number of anilines is 1. The molecule has 8 heteroatoms. The number of benzene rings is 3. The van der Waals surface area contributed by atoms with Crippen molar-refractivity contribution in [3.63, 3.8) is 0 Å². The lowest BCUT2D eigenvalue weighted by Crippen LogP contribution is -2.18. The molecule has 0 bridgehead atoms. The number of sulfonamides is 1. The maximum atomic E-state index is 12.3. The van der Waals surface area contributed by atoms with Crippen molar-refractivity contribution in [2.24, 2.45) is 5.10 Å². The minimum Gasteiger partial charge on any atom is -0.497 e. The monoisotopic (exact) mass is 409 g/mol. The first-order valence-electron chi connectivity index (χ1n) is 8.63. The number of hydrogen-bond acceptors (Lipinski definition) is 5. The van der Waals surface area contributed by atoms with Gasteiger partial charge in [0.15, 0.2) is 0 Å². The summed E-state index contributed by atoms with van der Waals surface area (Å²) in [5, 5.41) is 3.92. The van der Waals surface area contributed by atoms with Crippen molar-refractivity contribution in [1.29, 1.82) is 0 Å². The predicted molar refractivity (Wildman–Crippen MR) is 112 cm³/mol. The van der Waals surface area contributed by atoms with E-state index in [-0.39, 0.29) is 4.90 Å². The van der Waals surface area contributed by atoms with Crippen molar-refractivity contribution in [1.82, 2.24) is 5.43 Å². The van der Waals surface area contributed by atoms with Gasteiger partial charge in [-0.1, -0.05) is 18.2 Å². The van der Waals surface area contributed by atoms with E-state index in [2.05, 4.69) is 15.2 Å². The first-order chi connectivity index (χ1) is 14.0. The average molecular weight is 409 g/mol. The van der Waals surface area contributed by atoms with E-state index in [9.17, 15) is 13.2 Å². The quantitative estimate of drug-likeness (QED) is 0.462. The lowest BCUT2D eigenvalue weighted by molar-refractivity contribution is 0.0955. The summed E-state index contributed by atoms with van der Waals surface area (Å²) < 4.78 is 32.2. The number of carbonyl (C=O) groups excluding carboxylic acids is 1. The minimum atomic E-state index is -3.68. The summed E-state index contributed by atoms with van der Waals surface area (Å²) in [6.45, 7) is 0. The Morgan fingerprint density at radius 2 is 1.59 bits per heavy atom. The highest BCUT2D eigenvalue weighted by molar-refractivity contribution is 7.92. The predicted octanol–water partition coefficient (Wildman–Crippen LogP) is 3.26. The highest BCUT2D eigenvalue weighted by Gasteiger charge is 2.13. The fraction of sp³-hybridized carbons (Fsp3) is 0.0476. The number of hydrazone groups is 1. The number of amides is 1. The smallest absolute Gasteiger partial charge is 0.271 e. The standard InChI is InChI=1S/C21H19N3O4S/c1-28-19-13-7-16(8-14-19)15-22-23-21(25)17-9-11-18(12-10-17)24-29(26,27)20-5-3-2-4-6-20/h2-15,24H,1H3,(H,23,25)/b22-15-. The van der Waals surface area contributed by atoms with Gasteiger partial charge in [0.25, 0.3) is 15.9 Å². The lowest BCUT2D eigenvalue weighted by Gasteiger charge is -2.08. The zero-order chi connectivity index (χ0) is 20.7. The summed E-state index contributed by atoms with van der Waals surface area (Å²) in [4.78, 5) is 12.3. The molecule has 0 fully saturated rings. The molecule has 0 spiro atoms. The Bertz CT molecular complexity index is 1090. The number of hydrogen-bond donors (Lipinski definition) is 2. The third-order valence-corrected chi connectivity index (χ3v) is 5.35. The Kier molecular flexibility index (Phi) is 6.25. The van der Waals surface area contributed by atoms with Gasteiger partial charge in [-0.2, -0.15) is 5.10 Å². The molecule has 0 aliphatic rings. The number of carbonyl (C=O) groups is 1. The van der Waals surface area contributed by atoms with Gasteiger partial charge in [0.1, 0.15) is 5.75 Å². The number of nitrogens with one attached hydrogen (secondary N) is 2. The van der Waals surface area contributed by atoms with Crippen LogP contribution in [0, 0.1) is 0 Å². The Morgan fingerprint density at radius 3 is 2.21 bits per heavy atom. The molecule has 7 nitrogen and oxygen atoms in total. The topological polar surface area (TPSA) is 96.9 Å². The molecule has 2 N–H and O–H groups in total. The van der Waals surface area contributed by atoms with Gasteiger partial charge in [0.05, 0.1) is 18.2 Å². The first-order valence-corrected chi connectivity index (χ1v) is 10.1. The molecule has 0 unspecified atom stereocenters. The Morgan fingerprint density at radius 1 is 0.931 bits per heavy atom. The second-order valence-corrected chi connectivity index (χ2v) is 7.65. The van der Waals surface area contributed by atoms with E-state index in [1.54, 1.807) is 37.4 Å². The molecule has 1 amide bonds. The van der Waals surface area contributed by atoms with Crippen molar-refractivity contribution >= 4 is 27.8 Å². The molecule has 148 valence electrons. The van der Waals surface area contributed by atoms with E-state index < -0.39 is 15.9 Å². The average Bonchev–Trinajstić information content (AvgIpc) is 2.75. The maximum Gasteiger partial charge on any atom is 0.271 e. The highest BCUT2D eigenvalue weighted by atomic mass is 32.2. The van der Waals surface area contributed by atoms with Gasteiger partial charge in [-0.15, -0.1) is 0 Å². The third kappa shape index (κ3) is 5.43. The molecule has 0 saturated heterocycles. The number of ether oxygens (including phenoxy) is 1.